The summed E-state index contributed by atoms with van der Waals surface area (Å²) in [5, 5.41) is 2.80. The highest BCUT2D eigenvalue weighted by molar-refractivity contribution is 5.94. The summed E-state index contributed by atoms with van der Waals surface area (Å²) in [5.41, 5.74) is 1.08. The fourth-order valence-electron chi connectivity index (χ4n) is 3.35. The lowest BCUT2D eigenvalue weighted by atomic mass is 9.96. The van der Waals surface area contributed by atoms with Crippen molar-refractivity contribution < 1.29 is 31.9 Å². The molecule has 1 fully saturated rings. The summed E-state index contributed by atoms with van der Waals surface area (Å²) in [7, 11) is 0. The summed E-state index contributed by atoms with van der Waals surface area (Å²) < 4.78 is 54.3. The highest BCUT2D eigenvalue weighted by atomic mass is 19.4. The van der Waals surface area contributed by atoms with E-state index in [9.17, 15) is 27.2 Å². The lowest BCUT2D eigenvalue weighted by Gasteiger charge is -2.32. The zero-order valence-electron chi connectivity index (χ0n) is 16.6. The summed E-state index contributed by atoms with van der Waals surface area (Å²) in [4.78, 5) is 26.7. The Bertz CT molecular complexity index is 898. The molecule has 0 saturated carbocycles. The number of nitrogens with one attached hydrogen (secondary N) is 1. The normalized spacial score (nSPS) is 16.6. The number of piperidine rings is 1. The van der Waals surface area contributed by atoms with Crippen LogP contribution in [-0.2, 0) is 11.3 Å². The number of benzene rings is 2. The van der Waals surface area contributed by atoms with E-state index in [2.05, 4.69) is 10.1 Å². The molecule has 2 amide bonds. The number of rotatable bonds is 6. The van der Waals surface area contributed by atoms with Gasteiger partial charge in [-0.25, -0.2) is 4.39 Å². The van der Waals surface area contributed by atoms with Crippen LogP contribution < -0.4 is 10.1 Å². The Morgan fingerprint density at radius 2 is 1.74 bits per heavy atom. The number of nitrogens with zero attached hydrogens (tertiary/aromatic N) is 1. The first-order valence-corrected chi connectivity index (χ1v) is 9.82. The minimum Gasteiger partial charge on any atom is -0.484 e. The molecule has 166 valence electrons. The SMILES string of the molecule is O=C(NCc1ccc(OCC(F)(F)F)cc1)C1CCCN(C(=O)c2ccc(F)cc2)C1. The number of amides is 2. The third-order valence-electron chi connectivity index (χ3n) is 4.96. The number of likely N-dealkylation sites (tertiary alicyclic amines) is 1. The molecule has 1 aliphatic heterocycles. The Kier molecular flexibility index (Phi) is 7.14. The molecule has 0 radical (unpaired) electrons. The second-order valence-corrected chi connectivity index (χ2v) is 7.36. The molecule has 1 N–H and O–H groups in total. The van der Waals surface area contributed by atoms with Crippen molar-refractivity contribution in [3.63, 3.8) is 0 Å². The molecule has 0 bridgehead atoms. The number of carbonyl (C=O) groups excluding carboxylic acids is 2. The molecule has 2 aromatic rings. The van der Waals surface area contributed by atoms with Crippen molar-refractivity contribution in [3.05, 3.63) is 65.5 Å². The fraction of sp³-hybridized carbons (Fsp3) is 0.364. The first-order chi connectivity index (χ1) is 14.7. The van der Waals surface area contributed by atoms with Crippen molar-refractivity contribution in [3.8, 4) is 5.75 Å². The lowest BCUT2D eigenvalue weighted by molar-refractivity contribution is -0.153. The van der Waals surface area contributed by atoms with Crippen LogP contribution in [0, 0.1) is 11.7 Å². The molecule has 1 heterocycles. The minimum atomic E-state index is -4.40. The van der Waals surface area contributed by atoms with Crippen LogP contribution in [0.25, 0.3) is 0 Å². The average molecular weight is 438 g/mol. The molecule has 0 aliphatic carbocycles. The van der Waals surface area contributed by atoms with E-state index >= 15 is 0 Å². The third-order valence-corrected chi connectivity index (χ3v) is 4.96. The summed E-state index contributed by atoms with van der Waals surface area (Å²) in [6.07, 6.45) is -3.09. The molecule has 0 spiro atoms. The second kappa shape index (κ2) is 9.80. The first kappa shape index (κ1) is 22.6. The van der Waals surface area contributed by atoms with Gasteiger partial charge in [-0.1, -0.05) is 12.1 Å². The maximum absolute atomic E-state index is 13.1. The Balaban J connectivity index is 1.50. The quantitative estimate of drug-likeness (QED) is 0.696. The number of halogens is 4. The van der Waals surface area contributed by atoms with Gasteiger partial charge in [0.25, 0.3) is 5.91 Å². The van der Waals surface area contributed by atoms with E-state index in [1.165, 1.54) is 36.4 Å². The van der Waals surface area contributed by atoms with Crippen molar-refractivity contribution in [2.75, 3.05) is 19.7 Å². The van der Waals surface area contributed by atoms with E-state index in [1.807, 2.05) is 0 Å². The molecule has 0 aromatic heterocycles. The van der Waals surface area contributed by atoms with Crippen molar-refractivity contribution >= 4 is 11.8 Å². The maximum Gasteiger partial charge on any atom is 0.422 e. The van der Waals surface area contributed by atoms with E-state index in [0.717, 1.165) is 0 Å². The van der Waals surface area contributed by atoms with Gasteiger partial charge >= 0.3 is 6.18 Å². The molecule has 1 atom stereocenters. The van der Waals surface area contributed by atoms with Gasteiger partial charge in [0.2, 0.25) is 5.91 Å². The van der Waals surface area contributed by atoms with Crippen LogP contribution in [0.2, 0.25) is 0 Å². The Morgan fingerprint density at radius 3 is 2.39 bits per heavy atom. The first-order valence-electron chi connectivity index (χ1n) is 9.82. The zero-order valence-corrected chi connectivity index (χ0v) is 16.6. The van der Waals surface area contributed by atoms with Gasteiger partial charge in [-0.3, -0.25) is 9.59 Å². The highest BCUT2D eigenvalue weighted by Gasteiger charge is 2.29. The van der Waals surface area contributed by atoms with Gasteiger partial charge in [0.1, 0.15) is 11.6 Å². The molecule has 5 nitrogen and oxygen atoms in total. The van der Waals surface area contributed by atoms with Crippen LogP contribution in [0.15, 0.2) is 48.5 Å². The molecular formula is C22H22F4N2O3. The van der Waals surface area contributed by atoms with Gasteiger partial charge in [0.05, 0.1) is 5.92 Å². The molecule has 3 rings (SSSR count). The summed E-state index contributed by atoms with van der Waals surface area (Å²) in [6, 6.07) is 11.3. The van der Waals surface area contributed by atoms with Gasteiger partial charge in [-0.05, 0) is 54.8 Å². The summed E-state index contributed by atoms with van der Waals surface area (Å²) in [5.74, 6) is -1.14. The van der Waals surface area contributed by atoms with Crippen molar-refractivity contribution in [2.24, 2.45) is 5.92 Å². The van der Waals surface area contributed by atoms with Gasteiger partial charge in [-0.2, -0.15) is 13.2 Å². The monoisotopic (exact) mass is 438 g/mol. The van der Waals surface area contributed by atoms with Gasteiger partial charge in [-0.15, -0.1) is 0 Å². The number of hydrogen-bond acceptors (Lipinski definition) is 3. The smallest absolute Gasteiger partial charge is 0.422 e. The van der Waals surface area contributed by atoms with E-state index < -0.39 is 18.6 Å². The Hall–Kier alpha value is -3.10. The number of hydrogen-bond donors (Lipinski definition) is 1. The Labute approximate surface area is 177 Å². The largest absolute Gasteiger partial charge is 0.484 e. The van der Waals surface area contributed by atoms with Crippen LogP contribution in [0.4, 0.5) is 17.6 Å². The molecule has 1 unspecified atom stereocenters. The van der Waals surface area contributed by atoms with Crippen molar-refractivity contribution in [1.29, 1.82) is 0 Å². The van der Waals surface area contributed by atoms with Crippen LogP contribution in [-0.4, -0.2) is 42.6 Å². The predicted molar refractivity (Wildman–Crippen MR) is 105 cm³/mol. The molecule has 1 aliphatic rings. The maximum atomic E-state index is 13.1. The third kappa shape index (κ3) is 6.70. The fourth-order valence-corrected chi connectivity index (χ4v) is 3.35. The van der Waals surface area contributed by atoms with E-state index in [1.54, 1.807) is 17.0 Å². The number of ether oxygens (including phenoxy) is 1. The van der Waals surface area contributed by atoms with Crippen LogP contribution in [0.1, 0.15) is 28.8 Å². The topological polar surface area (TPSA) is 58.6 Å². The van der Waals surface area contributed by atoms with Crippen LogP contribution >= 0.6 is 0 Å². The lowest BCUT2D eigenvalue weighted by Crippen LogP contribution is -2.45. The van der Waals surface area contributed by atoms with E-state index in [4.69, 9.17) is 0 Å². The molecule has 31 heavy (non-hydrogen) atoms. The number of carbonyl (C=O) groups is 2. The van der Waals surface area contributed by atoms with Crippen LogP contribution in [0.3, 0.4) is 0 Å². The number of alkyl halides is 3. The summed E-state index contributed by atoms with van der Waals surface area (Å²) >= 11 is 0. The minimum absolute atomic E-state index is 0.0922. The standard InChI is InChI=1S/C22H22F4N2O3/c23-18-7-5-16(6-8-18)21(30)28-11-1-2-17(13-28)20(29)27-12-15-3-9-19(10-4-15)31-14-22(24,25)26/h3-10,17H,1-2,11-14H2,(H,27,29). The zero-order chi connectivity index (χ0) is 22.4. The highest BCUT2D eigenvalue weighted by Crippen LogP contribution is 2.21. The van der Waals surface area contributed by atoms with Crippen LogP contribution in [0.5, 0.6) is 5.75 Å². The Morgan fingerprint density at radius 1 is 1.06 bits per heavy atom. The predicted octanol–water partition coefficient (Wildman–Crippen LogP) is 3.94. The van der Waals surface area contributed by atoms with E-state index in [-0.39, 0.29) is 36.6 Å². The van der Waals surface area contributed by atoms with E-state index in [0.29, 0.717) is 30.5 Å². The van der Waals surface area contributed by atoms with Gasteiger partial charge < -0.3 is 15.0 Å². The van der Waals surface area contributed by atoms with Crippen molar-refractivity contribution in [2.45, 2.75) is 25.6 Å². The molecule has 1 saturated heterocycles. The molecule has 2 aromatic carbocycles. The molecule has 9 heteroatoms. The second-order valence-electron chi connectivity index (χ2n) is 7.36. The van der Waals surface area contributed by atoms with Gasteiger partial charge in [0, 0.05) is 25.2 Å². The van der Waals surface area contributed by atoms with Crippen molar-refractivity contribution in [1.82, 2.24) is 10.2 Å². The molecular weight excluding hydrogens is 416 g/mol. The average Bonchev–Trinajstić information content (AvgIpc) is 2.76. The summed E-state index contributed by atoms with van der Waals surface area (Å²) in [6.45, 7) is -0.357. The van der Waals surface area contributed by atoms with Gasteiger partial charge in [0.15, 0.2) is 6.61 Å².